The number of rotatable bonds is 7. The number of carbonyl (C=O) groups excluding carboxylic acids is 1. The molecule has 2 N–H and O–H groups in total. The minimum absolute atomic E-state index is 0.0711. The lowest BCUT2D eigenvalue weighted by Gasteiger charge is -2.34. The van der Waals surface area contributed by atoms with Crippen LogP contribution in [0.1, 0.15) is 41.7 Å². The van der Waals surface area contributed by atoms with E-state index in [4.69, 9.17) is 0 Å². The van der Waals surface area contributed by atoms with E-state index < -0.39 is 0 Å². The van der Waals surface area contributed by atoms with E-state index in [1.165, 1.54) is 0 Å². The van der Waals surface area contributed by atoms with E-state index in [-0.39, 0.29) is 18.4 Å². The number of likely N-dealkylation sites (tertiary alicyclic amines) is 1. The molecule has 8 heteroatoms. The zero-order valence-corrected chi connectivity index (χ0v) is 20.1. The second kappa shape index (κ2) is 11.0. The first-order valence-electron chi connectivity index (χ1n) is 12.6. The summed E-state index contributed by atoms with van der Waals surface area (Å²) in [5.74, 6) is 0.277. The Labute approximate surface area is 206 Å². The Morgan fingerprint density at radius 3 is 2.49 bits per heavy atom. The molecule has 2 aliphatic heterocycles. The monoisotopic (exact) mass is 474 g/mol. The summed E-state index contributed by atoms with van der Waals surface area (Å²) in [6.07, 6.45) is 5.90. The van der Waals surface area contributed by atoms with Crippen LogP contribution in [0.15, 0.2) is 60.8 Å². The SMILES string of the molecule is O=C(c1ccc(N2CCC(NCc3cnn(-c4ccccc4)n3)CC2)cc1)N1CCCC(CO)C1. The van der Waals surface area contributed by atoms with Crippen LogP contribution >= 0.6 is 0 Å². The highest BCUT2D eigenvalue weighted by Crippen LogP contribution is 2.23. The fraction of sp³-hybridized carbons (Fsp3) is 0.444. The lowest BCUT2D eigenvalue weighted by Crippen LogP contribution is -2.42. The summed E-state index contributed by atoms with van der Waals surface area (Å²) < 4.78 is 0. The van der Waals surface area contributed by atoms with Gasteiger partial charge in [-0.1, -0.05) is 18.2 Å². The van der Waals surface area contributed by atoms with Gasteiger partial charge in [-0.3, -0.25) is 4.79 Å². The van der Waals surface area contributed by atoms with Gasteiger partial charge in [0.25, 0.3) is 5.91 Å². The Morgan fingerprint density at radius 1 is 0.971 bits per heavy atom. The molecule has 8 nitrogen and oxygen atoms in total. The number of aliphatic hydroxyl groups is 1. The van der Waals surface area contributed by atoms with Crippen molar-refractivity contribution in [2.24, 2.45) is 5.92 Å². The summed E-state index contributed by atoms with van der Waals surface area (Å²) in [4.78, 5) is 18.8. The van der Waals surface area contributed by atoms with Gasteiger partial charge < -0.3 is 20.2 Å². The average molecular weight is 475 g/mol. The second-order valence-corrected chi connectivity index (χ2v) is 9.59. The van der Waals surface area contributed by atoms with E-state index in [1.807, 2.05) is 53.6 Å². The highest BCUT2D eigenvalue weighted by Gasteiger charge is 2.24. The van der Waals surface area contributed by atoms with Crippen molar-refractivity contribution in [2.75, 3.05) is 37.7 Å². The minimum Gasteiger partial charge on any atom is -0.396 e. The molecule has 1 aromatic heterocycles. The molecule has 0 radical (unpaired) electrons. The molecule has 0 spiro atoms. The third-order valence-electron chi connectivity index (χ3n) is 7.14. The number of anilines is 1. The zero-order chi connectivity index (χ0) is 24.0. The summed E-state index contributed by atoms with van der Waals surface area (Å²) in [5.41, 5.74) is 3.80. The summed E-state index contributed by atoms with van der Waals surface area (Å²) in [6.45, 7) is 4.25. The first-order valence-corrected chi connectivity index (χ1v) is 12.6. The van der Waals surface area contributed by atoms with Gasteiger partial charge in [0.15, 0.2) is 0 Å². The molecule has 5 rings (SSSR count). The first kappa shape index (κ1) is 23.5. The largest absolute Gasteiger partial charge is 0.396 e. The summed E-state index contributed by atoms with van der Waals surface area (Å²) in [6, 6.07) is 18.4. The number of aliphatic hydroxyl groups excluding tert-OH is 1. The number of aromatic nitrogens is 3. The van der Waals surface area contributed by atoms with Crippen molar-refractivity contribution in [3.63, 3.8) is 0 Å². The fourth-order valence-electron chi connectivity index (χ4n) is 5.05. The lowest BCUT2D eigenvalue weighted by atomic mass is 9.98. The molecule has 2 aromatic carbocycles. The quantitative estimate of drug-likeness (QED) is 0.548. The van der Waals surface area contributed by atoms with Crippen LogP contribution in [0.3, 0.4) is 0 Å². The Kier molecular flexibility index (Phi) is 7.39. The van der Waals surface area contributed by atoms with E-state index in [1.54, 1.807) is 4.80 Å². The highest BCUT2D eigenvalue weighted by molar-refractivity contribution is 5.94. The number of carbonyl (C=O) groups is 1. The predicted octanol–water partition coefficient (Wildman–Crippen LogP) is 2.87. The smallest absolute Gasteiger partial charge is 0.253 e. The Morgan fingerprint density at radius 2 is 1.74 bits per heavy atom. The Balaban J connectivity index is 1.09. The molecule has 3 aromatic rings. The number of hydrogen-bond donors (Lipinski definition) is 2. The van der Waals surface area contributed by atoms with Gasteiger partial charge >= 0.3 is 0 Å². The molecule has 2 aliphatic rings. The zero-order valence-electron chi connectivity index (χ0n) is 20.1. The van der Waals surface area contributed by atoms with Crippen LogP contribution in [0.4, 0.5) is 5.69 Å². The maximum absolute atomic E-state index is 12.9. The van der Waals surface area contributed by atoms with Crippen molar-refractivity contribution >= 4 is 11.6 Å². The van der Waals surface area contributed by atoms with Crippen LogP contribution in [0.25, 0.3) is 5.69 Å². The molecular weight excluding hydrogens is 440 g/mol. The van der Waals surface area contributed by atoms with Crippen LogP contribution < -0.4 is 10.2 Å². The van der Waals surface area contributed by atoms with E-state index in [0.717, 1.165) is 67.9 Å². The molecule has 184 valence electrons. The van der Waals surface area contributed by atoms with Gasteiger partial charge in [0.05, 0.1) is 17.6 Å². The van der Waals surface area contributed by atoms with Gasteiger partial charge in [0.2, 0.25) is 0 Å². The molecule has 3 heterocycles. The summed E-state index contributed by atoms with van der Waals surface area (Å²) >= 11 is 0. The van der Waals surface area contributed by atoms with Crippen molar-refractivity contribution in [3.05, 3.63) is 72.1 Å². The molecule has 0 saturated carbocycles. The van der Waals surface area contributed by atoms with E-state index in [2.05, 4.69) is 32.5 Å². The normalized spacial score (nSPS) is 19.2. The van der Waals surface area contributed by atoms with Gasteiger partial charge in [0, 0.05) is 56.6 Å². The standard InChI is InChI=1S/C27H34N6O2/c34-20-21-5-4-14-32(19-21)27(35)22-8-10-25(11-9-22)31-15-12-23(13-16-31)28-17-24-18-29-33(30-24)26-6-2-1-3-7-26/h1-3,6-11,18,21,23,28,34H,4-5,12-17,19-20H2. The summed E-state index contributed by atoms with van der Waals surface area (Å²) in [7, 11) is 0. The van der Waals surface area contributed by atoms with Crippen LogP contribution in [-0.2, 0) is 6.54 Å². The number of para-hydroxylation sites is 1. The Hall–Kier alpha value is -3.23. The van der Waals surface area contributed by atoms with Crippen LogP contribution in [0.2, 0.25) is 0 Å². The van der Waals surface area contributed by atoms with Crippen LogP contribution in [0, 0.1) is 5.92 Å². The van der Waals surface area contributed by atoms with Crippen molar-refractivity contribution in [1.82, 2.24) is 25.2 Å². The molecule has 1 atom stereocenters. The number of amides is 1. The van der Waals surface area contributed by atoms with Gasteiger partial charge in [-0.05, 0) is 68.0 Å². The molecule has 0 aliphatic carbocycles. The number of piperidine rings is 2. The van der Waals surface area contributed by atoms with Crippen LogP contribution in [-0.4, -0.2) is 69.7 Å². The number of benzene rings is 2. The van der Waals surface area contributed by atoms with Gasteiger partial charge in [-0.15, -0.1) is 0 Å². The van der Waals surface area contributed by atoms with E-state index in [0.29, 0.717) is 19.1 Å². The van der Waals surface area contributed by atoms with Crippen molar-refractivity contribution < 1.29 is 9.90 Å². The van der Waals surface area contributed by atoms with Crippen LogP contribution in [0.5, 0.6) is 0 Å². The van der Waals surface area contributed by atoms with Crippen molar-refractivity contribution in [1.29, 1.82) is 0 Å². The number of nitrogens with one attached hydrogen (secondary N) is 1. The molecular formula is C27H34N6O2. The molecule has 1 unspecified atom stereocenters. The highest BCUT2D eigenvalue weighted by atomic mass is 16.3. The number of hydrogen-bond acceptors (Lipinski definition) is 6. The summed E-state index contributed by atoms with van der Waals surface area (Å²) in [5, 5.41) is 22.0. The third kappa shape index (κ3) is 5.71. The predicted molar refractivity (Wildman–Crippen MR) is 136 cm³/mol. The maximum Gasteiger partial charge on any atom is 0.253 e. The molecule has 2 fully saturated rings. The molecule has 2 saturated heterocycles. The third-order valence-corrected chi connectivity index (χ3v) is 7.14. The Bertz CT molecular complexity index is 1090. The van der Waals surface area contributed by atoms with E-state index in [9.17, 15) is 9.90 Å². The average Bonchev–Trinajstić information content (AvgIpc) is 3.42. The van der Waals surface area contributed by atoms with E-state index >= 15 is 0 Å². The van der Waals surface area contributed by atoms with Gasteiger partial charge in [-0.25, -0.2) is 0 Å². The topological polar surface area (TPSA) is 86.5 Å². The van der Waals surface area contributed by atoms with Crippen molar-refractivity contribution in [2.45, 2.75) is 38.3 Å². The maximum atomic E-state index is 12.9. The molecule has 1 amide bonds. The number of nitrogens with zero attached hydrogens (tertiary/aromatic N) is 5. The van der Waals surface area contributed by atoms with Gasteiger partial charge in [0.1, 0.15) is 0 Å². The lowest BCUT2D eigenvalue weighted by molar-refractivity contribution is 0.0620. The minimum atomic E-state index is 0.0711. The molecule has 0 bridgehead atoms. The fourth-order valence-corrected chi connectivity index (χ4v) is 5.05. The molecule has 35 heavy (non-hydrogen) atoms. The second-order valence-electron chi connectivity index (χ2n) is 9.59. The van der Waals surface area contributed by atoms with Gasteiger partial charge in [-0.2, -0.15) is 15.0 Å². The first-order chi connectivity index (χ1) is 17.2. The van der Waals surface area contributed by atoms with Crippen molar-refractivity contribution in [3.8, 4) is 5.69 Å².